The fourth-order valence-corrected chi connectivity index (χ4v) is 3.46. The molecular weight excluding hydrogens is 297 g/mol. The van der Waals surface area contributed by atoms with Gasteiger partial charge in [-0.05, 0) is 50.0 Å². The van der Waals surface area contributed by atoms with Crippen LogP contribution in [0.15, 0.2) is 12.4 Å². The quantitative estimate of drug-likeness (QED) is 0.803. The zero-order valence-electron chi connectivity index (χ0n) is 13.6. The first-order valence-corrected chi connectivity index (χ1v) is 8.64. The number of nitrogens with zero attached hydrogens (tertiary/aromatic N) is 3. The van der Waals surface area contributed by atoms with E-state index in [1.54, 1.807) is 9.58 Å². The minimum Gasteiger partial charge on any atom is -0.376 e. The lowest BCUT2D eigenvalue weighted by Crippen LogP contribution is -2.46. The zero-order chi connectivity index (χ0) is 16.0. The molecule has 0 aromatic carbocycles. The SMILES string of the molecule is Cn1cc(C[C@H]2[C@H](OCC3CC3)CCN2C(=O)C2(F)CC2)cn1. The summed E-state index contributed by atoms with van der Waals surface area (Å²) in [6, 6.07) is -0.0707. The number of likely N-dealkylation sites (tertiary alicyclic amines) is 1. The summed E-state index contributed by atoms with van der Waals surface area (Å²) in [7, 11) is 1.88. The van der Waals surface area contributed by atoms with E-state index in [0.29, 0.717) is 31.7 Å². The molecule has 1 saturated heterocycles. The largest absolute Gasteiger partial charge is 0.376 e. The van der Waals surface area contributed by atoms with Crippen LogP contribution in [0.2, 0.25) is 0 Å². The number of aryl methyl sites for hydroxylation is 1. The third-order valence-electron chi connectivity index (χ3n) is 5.26. The van der Waals surface area contributed by atoms with Gasteiger partial charge in [0.25, 0.3) is 5.91 Å². The third-order valence-corrected chi connectivity index (χ3v) is 5.26. The Kier molecular flexibility index (Phi) is 3.67. The lowest BCUT2D eigenvalue weighted by Gasteiger charge is -2.29. The first-order chi connectivity index (χ1) is 11.0. The second kappa shape index (κ2) is 5.58. The van der Waals surface area contributed by atoms with Gasteiger partial charge in [0, 0.05) is 26.4 Å². The van der Waals surface area contributed by atoms with E-state index in [9.17, 15) is 9.18 Å². The van der Waals surface area contributed by atoms with Crippen LogP contribution >= 0.6 is 0 Å². The monoisotopic (exact) mass is 321 g/mol. The molecule has 1 aromatic heterocycles. The van der Waals surface area contributed by atoms with Crippen molar-refractivity contribution >= 4 is 5.91 Å². The predicted octanol–water partition coefficient (Wildman–Crippen LogP) is 1.86. The van der Waals surface area contributed by atoms with Crippen molar-refractivity contribution in [3.05, 3.63) is 18.0 Å². The van der Waals surface area contributed by atoms with E-state index < -0.39 is 5.67 Å². The molecule has 0 spiro atoms. The van der Waals surface area contributed by atoms with Gasteiger partial charge in [0.15, 0.2) is 5.67 Å². The molecule has 0 unspecified atom stereocenters. The van der Waals surface area contributed by atoms with E-state index >= 15 is 0 Å². The highest BCUT2D eigenvalue weighted by atomic mass is 19.1. The standard InChI is InChI=1S/C17H24FN3O2/c1-20-10-13(9-19-20)8-14-15(23-11-12-2-3-12)4-7-21(14)16(22)17(18)5-6-17/h9-10,12,14-15H,2-8,11H2,1H3/t14-,15+/m0/s1. The van der Waals surface area contributed by atoms with Crippen molar-refractivity contribution in [2.24, 2.45) is 13.0 Å². The number of rotatable bonds is 6. The lowest BCUT2D eigenvalue weighted by atomic mass is 10.0. The van der Waals surface area contributed by atoms with Crippen LogP contribution in [0.1, 0.15) is 37.7 Å². The van der Waals surface area contributed by atoms with Crippen LogP contribution in [0.25, 0.3) is 0 Å². The Morgan fingerprint density at radius 2 is 2.22 bits per heavy atom. The van der Waals surface area contributed by atoms with Crippen molar-refractivity contribution in [2.45, 2.75) is 56.3 Å². The van der Waals surface area contributed by atoms with Crippen molar-refractivity contribution in [2.75, 3.05) is 13.2 Å². The molecule has 2 saturated carbocycles. The molecule has 3 aliphatic rings. The number of ether oxygens (including phenoxy) is 1. The van der Waals surface area contributed by atoms with Gasteiger partial charge in [-0.3, -0.25) is 9.48 Å². The van der Waals surface area contributed by atoms with Crippen LogP contribution in [0.5, 0.6) is 0 Å². The van der Waals surface area contributed by atoms with Gasteiger partial charge in [0.1, 0.15) is 0 Å². The second-order valence-corrected chi connectivity index (χ2v) is 7.36. The number of hydrogen-bond acceptors (Lipinski definition) is 3. The number of halogens is 1. The summed E-state index contributed by atoms with van der Waals surface area (Å²) < 4.78 is 22.1. The molecule has 2 aliphatic carbocycles. The Morgan fingerprint density at radius 1 is 1.43 bits per heavy atom. The van der Waals surface area contributed by atoms with E-state index in [-0.39, 0.29) is 18.1 Å². The summed E-state index contributed by atoms with van der Waals surface area (Å²) in [5, 5.41) is 4.20. The van der Waals surface area contributed by atoms with Crippen molar-refractivity contribution in [1.29, 1.82) is 0 Å². The number of carbonyl (C=O) groups excluding carboxylic acids is 1. The molecule has 1 amide bonds. The van der Waals surface area contributed by atoms with Gasteiger partial charge < -0.3 is 9.64 Å². The van der Waals surface area contributed by atoms with Crippen LogP contribution in [-0.2, 0) is 23.0 Å². The highest BCUT2D eigenvalue weighted by Gasteiger charge is 2.55. The van der Waals surface area contributed by atoms with Gasteiger partial charge in [-0.25, -0.2) is 4.39 Å². The molecule has 4 rings (SSSR count). The Balaban J connectivity index is 1.48. The lowest BCUT2D eigenvalue weighted by molar-refractivity contribution is -0.140. The highest BCUT2D eigenvalue weighted by molar-refractivity contribution is 5.88. The summed E-state index contributed by atoms with van der Waals surface area (Å²) in [4.78, 5) is 14.2. The van der Waals surface area contributed by atoms with Crippen molar-refractivity contribution in [3.63, 3.8) is 0 Å². The molecule has 1 aliphatic heterocycles. The number of amides is 1. The first-order valence-electron chi connectivity index (χ1n) is 8.64. The van der Waals surface area contributed by atoms with Crippen LogP contribution < -0.4 is 0 Å². The van der Waals surface area contributed by atoms with Crippen LogP contribution in [-0.4, -0.2) is 51.6 Å². The van der Waals surface area contributed by atoms with Crippen molar-refractivity contribution in [3.8, 4) is 0 Å². The van der Waals surface area contributed by atoms with E-state index in [0.717, 1.165) is 18.6 Å². The maximum atomic E-state index is 14.3. The molecule has 126 valence electrons. The van der Waals surface area contributed by atoms with Crippen molar-refractivity contribution in [1.82, 2.24) is 14.7 Å². The van der Waals surface area contributed by atoms with Gasteiger partial charge in [-0.15, -0.1) is 0 Å². The van der Waals surface area contributed by atoms with Crippen molar-refractivity contribution < 1.29 is 13.9 Å². The van der Waals surface area contributed by atoms with Crippen LogP contribution in [0.3, 0.4) is 0 Å². The Bertz CT molecular complexity index is 594. The summed E-state index contributed by atoms with van der Waals surface area (Å²) in [5.41, 5.74) is -0.528. The van der Waals surface area contributed by atoms with Gasteiger partial charge in [0.2, 0.25) is 0 Å². The van der Waals surface area contributed by atoms with Crippen LogP contribution in [0, 0.1) is 5.92 Å². The fraction of sp³-hybridized carbons (Fsp3) is 0.765. The molecule has 0 radical (unpaired) electrons. The number of aromatic nitrogens is 2. The van der Waals surface area contributed by atoms with Gasteiger partial charge in [-0.2, -0.15) is 5.10 Å². The minimum absolute atomic E-state index is 0.0158. The van der Waals surface area contributed by atoms with Gasteiger partial charge in [0.05, 0.1) is 18.3 Å². The Labute approximate surface area is 135 Å². The summed E-state index contributed by atoms with van der Waals surface area (Å²) in [5.74, 6) is 0.360. The molecule has 23 heavy (non-hydrogen) atoms. The number of carbonyl (C=O) groups is 1. The summed E-state index contributed by atoms with van der Waals surface area (Å²) in [6.45, 7) is 1.38. The predicted molar refractivity (Wildman–Crippen MR) is 82.6 cm³/mol. The molecular formula is C17H24FN3O2. The van der Waals surface area contributed by atoms with Crippen LogP contribution in [0.4, 0.5) is 4.39 Å². The molecule has 2 atom stereocenters. The molecule has 1 aromatic rings. The molecule has 5 nitrogen and oxygen atoms in total. The van der Waals surface area contributed by atoms with E-state index in [2.05, 4.69) is 5.10 Å². The summed E-state index contributed by atoms with van der Waals surface area (Å²) >= 11 is 0. The van der Waals surface area contributed by atoms with Gasteiger partial charge >= 0.3 is 0 Å². The molecule has 0 N–H and O–H groups in total. The second-order valence-electron chi connectivity index (χ2n) is 7.36. The fourth-order valence-electron chi connectivity index (χ4n) is 3.46. The average Bonchev–Trinajstić information content (AvgIpc) is 3.42. The van der Waals surface area contributed by atoms with E-state index in [1.807, 2.05) is 19.4 Å². The topological polar surface area (TPSA) is 47.4 Å². The normalized spacial score (nSPS) is 29.0. The Hall–Kier alpha value is -1.43. The molecule has 6 heteroatoms. The number of hydrogen-bond donors (Lipinski definition) is 0. The highest BCUT2D eigenvalue weighted by Crippen LogP contribution is 2.43. The Morgan fingerprint density at radius 3 is 2.83 bits per heavy atom. The molecule has 0 bridgehead atoms. The van der Waals surface area contributed by atoms with Gasteiger partial charge in [-0.1, -0.05) is 0 Å². The first kappa shape index (κ1) is 15.1. The maximum absolute atomic E-state index is 14.3. The average molecular weight is 321 g/mol. The smallest absolute Gasteiger partial charge is 0.260 e. The summed E-state index contributed by atoms with van der Waals surface area (Å²) in [6.07, 6.45) is 8.52. The number of alkyl halides is 1. The minimum atomic E-state index is -1.60. The molecule has 3 fully saturated rings. The zero-order valence-corrected chi connectivity index (χ0v) is 13.6. The maximum Gasteiger partial charge on any atom is 0.260 e. The third kappa shape index (κ3) is 3.13. The van der Waals surface area contributed by atoms with E-state index in [1.165, 1.54) is 12.8 Å². The van der Waals surface area contributed by atoms with E-state index in [4.69, 9.17) is 4.74 Å². The molecule has 2 heterocycles.